The highest BCUT2D eigenvalue weighted by Gasteiger charge is 2.17. The maximum atomic E-state index is 12.7. The first-order chi connectivity index (χ1) is 13.2. The van der Waals surface area contributed by atoms with E-state index in [0.29, 0.717) is 29.2 Å². The highest BCUT2D eigenvalue weighted by Crippen LogP contribution is 2.24. The van der Waals surface area contributed by atoms with Gasteiger partial charge in [0, 0.05) is 5.39 Å². The van der Waals surface area contributed by atoms with Gasteiger partial charge in [0.25, 0.3) is 5.91 Å². The number of anilines is 1. The van der Waals surface area contributed by atoms with Crippen LogP contribution in [0.5, 0.6) is 0 Å². The van der Waals surface area contributed by atoms with Gasteiger partial charge in [-0.15, -0.1) is 0 Å². The van der Waals surface area contributed by atoms with E-state index in [1.54, 1.807) is 19.1 Å². The standard InChI is InChI=1S/C20H17FN4O2/c1-13-17(12-27-24-13)20(26)22-19-16-4-2-3-5-18(16)25(23-19)11-15-8-6-14(10-21)7-9-15/h2-9,12H,10-11H2,1H3,(H,22,23,26). The molecule has 0 aliphatic rings. The predicted molar refractivity (Wildman–Crippen MR) is 99.3 cm³/mol. The van der Waals surface area contributed by atoms with Crippen LogP contribution in [0.2, 0.25) is 0 Å². The van der Waals surface area contributed by atoms with E-state index in [1.165, 1.54) is 6.26 Å². The molecular formula is C20H17FN4O2. The Bertz CT molecular complexity index is 1100. The zero-order valence-corrected chi connectivity index (χ0v) is 14.6. The summed E-state index contributed by atoms with van der Waals surface area (Å²) in [4.78, 5) is 12.5. The van der Waals surface area contributed by atoms with Gasteiger partial charge in [-0.1, -0.05) is 41.6 Å². The summed E-state index contributed by atoms with van der Waals surface area (Å²) in [6.07, 6.45) is 1.32. The van der Waals surface area contributed by atoms with E-state index in [0.717, 1.165) is 16.5 Å². The molecule has 0 fully saturated rings. The molecule has 1 N–H and O–H groups in total. The Hall–Kier alpha value is -3.48. The van der Waals surface area contributed by atoms with Crippen LogP contribution in [0, 0.1) is 6.92 Å². The van der Waals surface area contributed by atoms with E-state index >= 15 is 0 Å². The van der Waals surface area contributed by atoms with E-state index in [-0.39, 0.29) is 5.91 Å². The van der Waals surface area contributed by atoms with Crippen molar-refractivity contribution in [1.82, 2.24) is 14.9 Å². The van der Waals surface area contributed by atoms with Crippen molar-refractivity contribution in [2.75, 3.05) is 5.32 Å². The molecule has 27 heavy (non-hydrogen) atoms. The monoisotopic (exact) mass is 364 g/mol. The van der Waals surface area contributed by atoms with Crippen molar-refractivity contribution in [1.29, 1.82) is 0 Å². The highest BCUT2D eigenvalue weighted by atomic mass is 19.1. The van der Waals surface area contributed by atoms with E-state index < -0.39 is 6.67 Å². The molecule has 7 heteroatoms. The largest absolute Gasteiger partial charge is 0.364 e. The average molecular weight is 364 g/mol. The normalized spacial score (nSPS) is 11.0. The molecule has 0 radical (unpaired) electrons. The molecule has 0 saturated carbocycles. The molecule has 0 saturated heterocycles. The van der Waals surface area contributed by atoms with Gasteiger partial charge in [0.05, 0.1) is 17.8 Å². The topological polar surface area (TPSA) is 73.0 Å². The summed E-state index contributed by atoms with van der Waals surface area (Å²) in [5, 5.41) is 12.0. The molecule has 6 nitrogen and oxygen atoms in total. The van der Waals surface area contributed by atoms with Crippen LogP contribution in [0.1, 0.15) is 27.2 Å². The molecule has 2 aromatic heterocycles. The molecular weight excluding hydrogens is 347 g/mol. The van der Waals surface area contributed by atoms with Crippen LogP contribution in [-0.2, 0) is 13.2 Å². The predicted octanol–water partition coefficient (Wildman–Crippen LogP) is 4.10. The number of halogens is 1. The van der Waals surface area contributed by atoms with Crippen molar-refractivity contribution in [3.8, 4) is 0 Å². The Balaban J connectivity index is 1.66. The van der Waals surface area contributed by atoms with Crippen molar-refractivity contribution in [2.24, 2.45) is 0 Å². The summed E-state index contributed by atoms with van der Waals surface area (Å²) in [7, 11) is 0. The second-order valence-corrected chi connectivity index (χ2v) is 6.24. The third-order valence-corrected chi connectivity index (χ3v) is 4.39. The van der Waals surface area contributed by atoms with Gasteiger partial charge in [-0.3, -0.25) is 9.48 Å². The van der Waals surface area contributed by atoms with Gasteiger partial charge >= 0.3 is 0 Å². The summed E-state index contributed by atoms with van der Waals surface area (Å²) in [6, 6.07) is 14.9. The van der Waals surface area contributed by atoms with Crippen molar-refractivity contribution in [3.05, 3.63) is 77.2 Å². The number of nitrogens with zero attached hydrogens (tertiary/aromatic N) is 3. The van der Waals surface area contributed by atoms with Gasteiger partial charge in [0.15, 0.2) is 5.82 Å². The van der Waals surface area contributed by atoms with Crippen LogP contribution in [0.25, 0.3) is 10.9 Å². The molecule has 0 aliphatic heterocycles. The lowest BCUT2D eigenvalue weighted by Crippen LogP contribution is -2.13. The Labute approximate surface area is 154 Å². The van der Waals surface area contributed by atoms with E-state index in [4.69, 9.17) is 4.52 Å². The molecule has 0 bridgehead atoms. The molecule has 0 atom stereocenters. The van der Waals surface area contributed by atoms with Crippen molar-refractivity contribution < 1.29 is 13.7 Å². The van der Waals surface area contributed by atoms with Crippen molar-refractivity contribution in [3.63, 3.8) is 0 Å². The second-order valence-electron chi connectivity index (χ2n) is 6.24. The van der Waals surface area contributed by atoms with Gasteiger partial charge in [-0.2, -0.15) is 5.10 Å². The molecule has 1 amide bonds. The summed E-state index contributed by atoms with van der Waals surface area (Å²) >= 11 is 0. The number of hydrogen-bond donors (Lipinski definition) is 1. The Morgan fingerprint density at radius 3 is 2.59 bits per heavy atom. The van der Waals surface area contributed by atoms with Crippen molar-refractivity contribution >= 4 is 22.6 Å². The number of para-hydroxylation sites is 1. The van der Waals surface area contributed by atoms with E-state index in [1.807, 2.05) is 41.1 Å². The number of aromatic nitrogens is 3. The van der Waals surface area contributed by atoms with Gasteiger partial charge in [-0.05, 0) is 30.2 Å². The molecule has 4 aromatic rings. The maximum Gasteiger partial charge on any atom is 0.262 e. The molecule has 0 aliphatic carbocycles. The van der Waals surface area contributed by atoms with Crippen molar-refractivity contribution in [2.45, 2.75) is 20.1 Å². The number of amides is 1. The number of alkyl halides is 1. The fraction of sp³-hybridized carbons (Fsp3) is 0.150. The number of benzene rings is 2. The SMILES string of the molecule is Cc1nocc1C(=O)Nc1nn(Cc2ccc(CF)cc2)c2ccccc12. The third-order valence-electron chi connectivity index (χ3n) is 4.39. The number of aryl methyl sites for hydroxylation is 1. The Morgan fingerprint density at radius 2 is 1.89 bits per heavy atom. The van der Waals surface area contributed by atoms with Crippen LogP contribution in [0.3, 0.4) is 0 Å². The first-order valence-electron chi connectivity index (χ1n) is 8.47. The fourth-order valence-corrected chi connectivity index (χ4v) is 2.93. The fourth-order valence-electron chi connectivity index (χ4n) is 2.93. The Morgan fingerprint density at radius 1 is 1.15 bits per heavy atom. The zero-order valence-electron chi connectivity index (χ0n) is 14.6. The molecule has 0 unspecified atom stereocenters. The molecule has 4 rings (SSSR count). The maximum absolute atomic E-state index is 12.7. The summed E-state index contributed by atoms with van der Waals surface area (Å²) in [6.45, 7) is 1.73. The first-order valence-corrected chi connectivity index (χ1v) is 8.47. The number of carbonyl (C=O) groups is 1. The van der Waals surface area contributed by atoms with Gasteiger partial charge in [-0.25, -0.2) is 4.39 Å². The molecule has 2 heterocycles. The first kappa shape index (κ1) is 17.0. The minimum Gasteiger partial charge on any atom is -0.364 e. The number of hydrogen-bond acceptors (Lipinski definition) is 4. The molecule has 136 valence electrons. The second kappa shape index (κ2) is 7.03. The average Bonchev–Trinajstić information content (AvgIpc) is 3.27. The number of carbonyl (C=O) groups excluding carboxylic acids is 1. The lowest BCUT2D eigenvalue weighted by molar-refractivity contribution is 0.102. The summed E-state index contributed by atoms with van der Waals surface area (Å²) < 4.78 is 19.3. The Kier molecular flexibility index (Phi) is 4.42. The van der Waals surface area contributed by atoms with Crippen LogP contribution < -0.4 is 5.32 Å². The molecule has 2 aromatic carbocycles. The lowest BCUT2D eigenvalue weighted by atomic mass is 10.1. The van der Waals surface area contributed by atoms with Crippen LogP contribution >= 0.6 is 0 Å². The molecule has 0 spiro atoms. The van der Waals surface area contributed by atoms with Crippen LogP contribution in [0.15, 0.2) is 59.3 Å². The number of nitrogens with one attached hydrogen (secondary N) is 1. The summed E-state index contributed by atoms with van der Waals surface area (Å²) in [5.74, 6) is 0.146. The quantitative estimate of drug-likeness (QED) is 0.579. The summed E-state index contributed by atoms with van der Waals surface area (Å²) in [5.41, 5.74) is 3.42. The smallest absolute Gasteiger partial charge is 0.262 e. The minimum atomic E-state index is -0.483. The van der Waals surface area contributed by atoms with Gasteiger partial charge < -0.3 is 9.84 Å². The van der Waals surface area contributed by atoms with E-state index in [2.05, 4.69) is 15.6 Å². The highest BCUT2D eigenvalue weighted by molar-refractivity contribution is 6.08. The minimum absolute atomic E-state index is 0.323. The number of fused-ring (bicyclic) bond motifs is 1. The zero-order chi connectivity index (χ0) is 18.8. The van der Waals surface area contributed by atoms with Gasteiger partial charge in [0.2, 0.25) is 0 Å². The van der Waals surface area contributed by atoms with Crippen LogP contribution in [0.4, 0.5) is 10.2 Å². The van der Waals surface area contributed by atoms with E-state index in [9.17, 15) is 9.18 Å². The lowest BCUT2D eigenvalue weighted by Gasteiger charge is -2.04. The third kappa shape index (κ3) is 3.31. The van der Waals surface area contributed by atoms with Crippen LogP contribution in [-0.4, -0.2) is 20.8 Å². The van der Waals surface area contributed by atoms with Gasteiger partial charge in [0.1, 0.15) is 18.5 Å². The number of rotatable bonds is 5.